The average Bonchev–Trinajstić information content (AvgIpc) is 2.39. The highest BCUT2D eigenvalue weighted by molar-refractivity contribution is 5.91. The van der Waals surface area contributed by atoms with Crippen molar-refractivity contribution in [2.24, 2.45) is 0 Å². The molecule has 0 aliphatic carbocycles. The van der Waals surface area contributed by atoms with Crippen molar-refractivity contribution in [3.63, 3.8) is 0 Å². The Balaban J connectivity index is 1.95. The van der Waals surface area contributed by atoms with Crippen LogP contribution in [0.1, 0.15) is 11.1 Å². The van der Waals surface area contributed by atoms with E-state index < -0.39 is 0 Å². The van der Waals surface area contributed by atoms with Crippen molar-refractivity contribution >= 4 is 12.0 Å². The molecule has 0 saturated carbocycles. The standard InChI is InChI=1S/C14H18N2O/c1-12-2-4-13(5-3-12)6-7-14(17)16-10-8-15-9-11-16/h2-7,15H,8-11H2,1H3. The van der Waals surface area contributed by atoms with E-state index in [1.807, 2.05) is 23.1 Å². The third kappa shape index (κ3) is 3.43. The molecular formula is C14H18N2O. The molecule has 90 valence electrons. The SMILES string of the molecule is Cc1ccc(C=CC(=O)N2CCNCC2)cc1. The maximum Gasteiger partial charge on any atom is 0.246 e. The second kappa shape index (κ2) is 5.64. The molecule has 1 aliphatic heterocycles. The molecule has 1 aromatic rings. The van der Waals surface area contributed by atoms with Gasteiger partial charge in [-0.15, -0.1) is 0 Å². The number of nitrogens with one attached hydrogen (secondary N) is 1. The van der Waals surface area contributed by atoms with E-state index in [1.165, 1.54) is 5.56 Å². The summed E-state index contributed by atoms with van der Waals surface area (Å²) in [7, 11) is 0. The van der Waals surface area contributed by atoms with Gasteiger partial charge in [0.25, 0.3) is 0 Å². The van der Waals surface area contributed by atoms with Crippen LogP contribution in [0.5, 0.6) is 0 Å². The minimum Gasteiger partial charge on any atom is -0.337 e. The van der Waals surface area contributed by atoms with Gasteiger partial charge in [0.1, 0.15) is 0 Å². The third-order valence-electron chi connectivity index (χ3n) is 2.92. The maximum atomic E-state index is 11.8. The van der Waals surface area contributed by atoms with Gasteiger partial charge in [-0.3, -0.25) is 4.79 Å². The third-order valence-corrected chi connectivity index (χ3v) is 2.92. The van der Waals surface area contributed by atoms with E-state index in [2.05, 4.69) is 24.4 Å². The average molecular weight is 230 g/mol. The van der Waals surface area contributed by atoms with Crippen molar-refractivity contribution in [2.75, 3.05) is 26.2 Å². The van der Waals surface area contributed by atoms with Crippen LogP contribution in [0.15, 0.2) is 30.3 Å². The molecule has 1 aliphatic rings. The molecule has 0 radical (unpaired) electrons. The van der Waals surface area contributed by atoms with E-state index in [-0.39, 0.29) is 5.91 Å². The number of aryl methyl sites for hydroxylation is 1. The fraction of sp³-hybridized carbons (Fsp3) is 0.357. The molecule has 2 rings (SSSR count). The number of hydrogen-bond donors (Lipinski definition) is 1. The molecule has 17 heavy (non-hydrogen) atoms. The summed E-state index contributed by atoms with van der Waals surface area (Å²) in [6.07, 6.45) is 3.54. The van der Waals surface area contributed by atoms with Crippen LogP contribution in [0.3, 0.4) is 0 Å². The van der Waals surface area contributed by atoms with Gasteiger partial charge in [-0.2, -0.15) is 0 Å². The molecule has 0 unspecified atom stereocenters. The van der Waals surface area contributed by atoms with Crippen molar-refractivity contribution in [2.45, 2.75) is 6.92 Å². The zero-order valence-electron chi connectivity index (χ0n) is 10.1. The van der Waals surface area contributed by atoms with Crippen molar-refractivity contribution in [3.05, 3.63) is 41.5 Å². The summed E-state index contributed by atoms with van der Waals surface area (Å²) in [4.78, 5) is 13.7. The highest BCUT2D eigenvalue weighted by Crippen LogP contribution is 2.05. The number of piperazine rings is 1. The summed E-state index contributed by atoms with van der Waals surface area (Å²) in [6.45, 7) is 5.45. The summed E-state index contributed by atoms with van der Waals surface area (Å²) < 4.78 is 0. The lowest BCUT2D eigenvalue weighted by molar-refractivity contribution is -0.126. The predicted octanol–water partition coefficient (Wildman–Crippen LogP) is 1.44. The smallest absolute Gasteiger partial charge is 0.246 e. The largest absolute Gasteiger partial charge is 0.337 e. The molecule has 3 nitrogen and oxygen atoms in total. The van der Waals surface area contributed by atoms with Gasteiger partial charge in [0.15, 0.2) is 0 Å². The monoisotopic (exact) mass is 230 g/mol. The number of carbonyl (C=O) groups excluding carboxylic acids is 1. The molecule has 1 heterocycles. The molecule has 1 aromatic carbocycles. The fourth-order valence-electron chi connectivity index (χ4n) is 1.84. The van der Waals surface area contributed by atoms with Crippen LogP contribution in [0.2, 0.25) is 0 Å². The predicted molar refractivity (Wildman–Crippen MR) is 69.7 cm³/mol. The second-order valence-corrected chi connectivity index (χ2v) is 4.32. The summed E-state index contributed by atoms with van der Waals surface area (Å²) in [5.41, 5.74) is 2.30. The molecule has 1 N–H and O–H groups in total. The first-order valence-corrected chi connectivity index (χ1v) is 6.00. The topological polar surface area (TPSA) is 32.3 Å². The highest BCUT2D eigenvalue weighted by atomic mass is 16.2. The molecule has 0 spiro atoms. The van der Waals surface area contributed by atoms with E-state index in [0.717, 1.165) is 31.7 Å². The quantitative estimate of drug-likeness (QED) is 0.780. The van der Waals surface area contributed by atoms with Crippen LogP contribution in [0.4, 0.5) is 0 Å². The minimum absolute atomic E-state index is 0.104. The van der Waals surface area contributed by atoms with Gasteiger partial charge in [-0.25, -0.2) is 0 Å². The number of hydrogen-bond acceptors (Lipinski definition) is 2. The lowest BCUT2D eigenvalue weighted by atomic mass is 10.1. The Kier molecular flexibility index (Phi) is 3.94. The molecule has 3 heteroatoms. The van der Waals surface area contributed by atoms with Gasteiger partial charge in [-0.1, -0.05) is 29.8 Å². The van der Waals surface area contributed by atoms with Gasteiger partial charge >= 0.3 is 0 Å². The van der Waals surface area contributed by atoms with E-state index >= 15 is 0 Å². The van der Waals surface area contributed by atoms with Gasteiger partial charge in [0, 0.05) is 32.3 Å². The van der Waals surface area contributed by atoms with Crippen LogP contribution >= 0.6 is 0 Å². The van der Waals surface area contributed by atoms with Crippen molar-refractivity contribution in [3.8, 4) is 0 Å². The lowest BCUT2D eigenvalue weighted by Crippen LogP contribution is -2.45. The van der Waals surface area contributed by atoms with Crippen molar-refractivity contribution < 1.29 is 4.79 Å². The second-order valence-electron chi connectivity index (χ2n) is 4.32. The van der Waals surface area contributed by atoms with E-state index in [0.29, 0.717) is 0 Å². The van der Waals surface area contributed by atoms with Gasteiger partial charge in [0.2, 0.25) is 5.91 Å². The summed E-state index contributed by atoms with van der Waals surface area (Å²) >= 11 is 0. The molecule has 1 amide bonds. The summed E-state index contributed by atoms with van der Waals surface area (Å²) in [5.74, 6) is 0.104. The zero-order chi connectivity index (χ0) is 12.1. The molecule has 0 atom stereocenters. The van der Waals surface area contributed by atoms with Gasteiger partial charge < -0.3 is 10.2 Å². The Morgan fingerprint density at radius 2 is 1.88 bits per heavy atom. The van der Waals surface area contributed by atoms with E-state index in [1.54, 1.807) is 6.08 Å². The van der Waals surface area contributed by atoms with Gasteiger partial charge in [0.05, 0.1) is 0 Å². The first kappa shape index (κ1) is 11.9. The summed E-state index contributed by atoms with van der Waals surface area (Å²) in [5, 5.41) is 3.23. The van der Waals surface area contributed by atoms with Crippen LogP contribution < -0.4 is 5.32 Å². The van der Waals surface area contributed by atoms with Gasteiger partial charge in [-0.05, 0) is 18.6 Å². The normalized spacial score (nSPS) is 16.4. The summed E-state index contributed by atoms with van der Waals surface area (Å²) in [6, 6.07) is 8.15. The van der Waals surface area contributed by atoms with Crippen LogP contribution in [-0.4, -0.2) is 37.0 Å². The van der Waals surface area contributed by atoms with Crippen LogP contribution in [0.25, 0.3) is 6.08 Å². The highest BCUT2D eigenvalue weighted by Gasteiger charge is 2.12. The number of nitrogens with zero attached hydrogens (tertiary/aromatic N) is 1. The fourth-order valence-corrected chi connectivity index (χ4v) is 1.84. The van der Waals surface area contributed by atoms with Crippen molar-refractivity contribution in [1.82, 2.24) is 10.2 Å². The number of rotatable bonds is 2. The lowest BCUT2D eigenvalue weighted by Gasteiger charge is -2.26. The maximum absolute atomic E-state index is 11.8. The zero-order valence-corrected chi connectivity index (χ0v) is 10.1. The Morgan fingerprint density at radius 3 is 2.53 bits per heavy atom. The molecular weight excluding hydrogens is 212 g/mol. The first-order chi connectivity index (χ1) is 8.25. The Morgan fingerprint density at radius 1 is 1.24 bits per heavy atom. The molecule has 0 aromatic heterocycles. The van der Waals surface area contributed by atoms with Crippen molar-refractivity contribution in [1.29, 1.82) is 0 Å². The Bertz CT molecular complexity index is 403. The first-order valence-electron chi connectivity index (χ1n) is 6.00. The molecule has 1 fully saturated rings. The molecule has 0 bridgehead atoms. The number of amides is 1. The number of carbonyl (C=O) groups is 1. The van der Waals surface area contributed by atoms with E-state index in [9.17, 15) is 4.79 Å². The Labute approximate surface area is 102 Å². The van der Waals surface area contributed by atoms with Crippen LogP contribution in [-0.2, 0) is 4.79 Å². The van der Waals surface area contributed by atoms with E-state index in [4.69, 9.17) is 0 Å². The Hall–Kier alpha value is -1.61. The number of benzene rings is 1. The minimum atomic E-state index is 0.104. The molecule has 1 saturated heterocycles. The van der Waals surface area contributed by atoms with Crippen LogP contribution in [0, 0.1) is 6.92 Å².